The number of hydrogen-bond acceptors (Lipinski definition) is 2. The Labute approximate surface area is 140 Å². The molecule has 1 fully saturated rings. The first-order chi connectivity index (χ1) is 11.0. The molecule has 0 aromatic heterocycles. The predicted octanol–water partition coefficient (Wildman–Crippen LogP) is 3.62. The minimum absolute atomic E-state index is 0.0461. The molecule has 4 heteroatoms. The second kappa shape index (κ2) is 8.34. The summed E-state index contributed by atoms with van der Waals surface area (Å²) in [4.78, 5) is 17.0. The molecule has 2 rings (SSSR count). The first-order valence-electron chi connectivity index (χ1n) is 8.94. The average molecular weight is 317 g/mol. The fourth-order valence-electron chi connectivity index (χ4n) is 3.24. The van der Waals surface area contributed by atoms with Crippen LogP contribution in [0.4, 0.5) is 10.5 Å². The van der Waals surface area contributed by atoms with Gasteiger partial charge in [0.15, 0.2) is 0 Å². The zero-order chi connectivity index (χ0) is 16.8. The van der Waals surface area contributed by atoms with Gasteiger partial charge in [0.05, 0.1) is 0 Å². The molecular formula is C19H31N3O. The van der Waals surface area contributed by atoms with E-state index in [1.807, 2.05) is 4.90 Å². The van der Waals surface area contributed by atoms with E-state index >= 15 is 0 Å². The molecule has 1 aromatic rings. The monoisotopic (exact) mass is 317 g/mol. The largest absolute Gasteiger partial charge is 0.322 e. The van der Waals surface area contributed by atoms with Crippen molar-refractivity contribution in [1.29, 1.82) is 0 Å². The van der Waals surface area contributed by atoms with Crippen molar-refractivity contribution in [2.75, 3.05) is 38.0 Å². The Kier molecular flexibility index (Phi) is 6.46. The molecule has 1 aliphatic heterocycles. The summed E-state index contributed by atoms with van der Waals surface area (Å²) in [5.74, 6) is 0.680. The van der Waals surface area contributed by atoms with E-state index in [-0.39, 0.29) is 6.03 Å². The van der Waals surface area contributed by atoms with Crippen LogP contribution in [-0.2, 0) is 12.8 Å². The molecule has 0 bridgehead atoms. The van der Waals surface area contributed by atoms with Gasteiger partial charge in [-0.1, -0.05) is 45.9 Å². The lowest BCUT2D eigenvalue weighted by Gasteiger charge is -2.35. The highest BCUT2D eigenvalue weighted by Gasteiger charge is 2.22. The van der Waals surface area contributed by atoms with Crippen LogP contribution < -0.4 is 5.32 Å². The quantitative estimate of drug-likeness (QED) is 0.900. The molecular weight excluding hydrogens is 286 g/mol. The van der Waals surface area contributed by atoms with E-state index in [1.165, 1.54) is 11.1 Å². The molecule has 2 amide bonds. The summed E-state index contributed by atoms with van der Waals surface area (Å²) in [6, 6.07) is 6.34. The number of anilines is 1. The van der Waals surface area contributed by atoms with Crippen molar-refractivity contribution < 1.29 is 4.79 Å². The molecule has 0 aliphatic carbocycles. The summed E-state index contributed by atoms with van der Waals surface area (Å²) in [7, 11) is 0. The van der Waals surface area contributed by atoms with E-state index in [4.69, 9.17) is 0 Å². The molecule has 1 aliphatic rings. The lowest BCUT2D eigenvalue weighted by Crippen LogP contribution is -2.50. The van der Waals surface area contributed by atoms with Gasteiger partial charge in [-0.3, -0.25) is 4.90 Å². The number of carbonyl (C=O) groups excluding carboxylic acids is 1. The molecule has 0 saturated carbocycles. The standard InChI is InChI=1S/C19H31N3O/c1-5-16-8-7-9-17(6-2)18(16)20-19(23)22-12-10-21(11-13-22)14-15(3)4/h7-9,15H,5-6,10-14H2,1-4H3,(H,20,23). The van der Waals surface area contributed by atoms with Gasteiger partial charge in [0, 0.05) is 38.4 Å². The maximum atomic E-state index is 12.6. The molecule has 1 saturated heterocycles. The van der Waals surface area contributed by atoms with E-state index in [9.17, 15) is 4.79 Å². The molecule has 128 valence electrons. The highest BCUT2D eigenvalue weighted by Crippen LogP contribution is 2.23. The number of rotatable bonds is 5. The van der Waals surface area contributed by atoms with Crippen molar-refractivity contribution in [3.8, 4) is 0 Å². The Balaban J connectivity index is 1.98. The fourth-order valence-corrected chi connectivity index (χ4v) is 3.24. The van der Waals surface area contributed by atoms with Gasteiger partial charge < -0.3 is 10.2 Å². The Morgan fingerprint density at radius 1 is 1.09 bits per heavy atom. The van der Waals surface area contributed by atoms with Crippen LogP contribution in [0.5, 0.6) is 0 Å². The number of carbonyl (C=O) groups is 1. The van der Waals surface area contributed by atoms with Crippen LogP contribution in [0.3, 0.4) is 0 Å². The molecule has 1 N–H and O–H groups in total. The third-order valence-electron chi connectivity index (χ3n) is 4.51. The van der Waals surface area contributed by atoms with Gasteiger partial charge in [-0.15, -0.1) is 0 Å². The van der Waals surface area contributed by atoms with Gasteiger partial charge in [-0.05, 0) is 29.9 Å². The van der Waals surface area contributed by atoms with E-state index in [2.05, 4.69) is 56.1 Å². The van der Waals surface area contributed by atoms with Crippen molar-refractivity contribution >= 4 is 11.7 Å². The van der Waals surface area contributed by atoms with Gasteiger partial charge in [-0.2, -0.15) is 0 Å². The minimum atomic E-state index is 0.0461. The van der Waals surface area contributed by atoms with Gasteiger partial charge in [0.1, 0.15) is 0 Å². The Morgan fingerprint density at radius 2 is 1.65 bits per heavy atom. The Hall–Kier alpha value is -1.55. The Morgan fingerprint density at radius 3 is 2.13 bits per heavy atom. The Bertz CT molecular complexity index is 497. The SMILES string of the molecule is CCc1cccc(CC)c1NC(=O)N1CCN(CC(C)C)CC1. The number of nitrogens with zero attached hydrogens (tertiary/aromatic N) is 2. The van der Waals surface area contributed by atoms with E-state index in [1.54, 1.807) is 0 Å². The number of hydrogen-bond donors (Lipinski definition) is 1. The van der Waals surface area contributed by atoms with Crippen molar-refractivity contribution in [2.24, 2.45) is 5.92 Å². The molecule has 23 heavy (non-hydrogen) atoms. The van der Waals surface area contributed by atoms with Gasteiger partial charge >= 0.3 is 6.03 Å². The van der Waals surface area contributed by atoms with Crippen molar-refractivity contribution in [1.82, 2.24) is 9.80 Å². The summed E-state index contributed by atoms with van der Waals surface area (Å²) in [6.45, 7) is 13.4. The summed E-state index contributed by atoms with van der Waals surface area (Å²) in [6.07, 6.45) is 1.87. The number of aryl methyl sites for hydroxylation is 2. The third kappa shape index (κ3) is 4.71. The first-order valence-corrected chi connectivity index (χ1v) is 8.94. The number of urea groups is 1. The van der Waals surface area contributed by atoms with Crippen molar-refractivity contribution in [3.05, 3.63) is 29.3 Å². The molecule has 0 spiro atoms. The van der Waals surface area contributed by atoms with Gasteiger partial charge in [0.2, 0.25) is 0 Å². The minimum Gasteiger partial charge on any atom is -0.322 e. The summed E-state index contributed by atoms with van der Waals surface area (Å²) in [5, 5.41) is 3.17. The molecule has 0 atom stereocenters. The van der Waals surface area contributed by atoms with Crippen LogP contribution in [0, 0.1) is 5.92 Å². The number of nitrogens with one attached hydrogen (secondary N) is 1. The first kappa shape index (κ1) is 17.8. The van der Waals surface area contributed by atoms with E-state index in [0.29, 0.717) is 5.92 Å². The van der Waals surface area contributed by atoms with Gasteiger partial charge in [-0.25, -0.2) is 4.79 Å². The molecule has 1 heterocycles. The lowest BCUT2D eigenvalue weighted by atomic mass is 10.0. The zero-order valence-electron chi connectivity index (χ0n) is 15.1. The van der Waals surface area contributed by atoms with Crippen molar-refractivity contribution in [3.63, 3.8) is 0 Å². The maximum absolute atomic E-state index is 12.6. The summed E-state index contributed by atoms with van der Waals surface area (Å²) in [5.41, 5.74) is 3.46. The zero-order valence-corrected chi connectivity index (χ0v) is 15.1. The number of amides is 2. The third-order valence-corrected chi connectivity index (χ3v) is 4.51. The highest BCUT2D eigenvalue weighted by atomic mass is 16.2. The van der Waals surface area contributed by atoms with E-state index < -0.39 is 0 Å². The maximum Gasteiger partial charge on any atom is 0.321 e. The van der Waals surface area contributed by atoms with Crippen LogP contribution in [0.2, 0.25) is 0 Å². The van der Waals surface area contributed by atoms with E-state index in [0.717, 1.165) is 51.3 Å². The molecule has 0 radical (unpaired) electrons. The average Bonchev–Trinajstić information content (AvgIpc) is 2.55. The molecule has 0 unspecified atom stereocenters. The van der Waals surface area contributed by atoms with Gasteiger partial charge in [0.25, 0.3) is 0 Å². The number of benzene rings is 1. The van der Waals surface area contributed by atoms with Crippen LogP contribution in [0.25, 0.3) is 0 Å². The molecule has 4 nitrogen and oxygen atoms in total. The second-order valence-corrected chi connectivity index (χ2v) is 6.77. The summed E-state index contributed by atoms with van der Waals surface area (Å²) < 4.78 is 0. The predicted molar refractivity (Wildman–Crippen MR) is 97.1 cm³/mol. The second-order valence-electron chi connectivity index (χ2n) is 6.77. The smallest absolute Gasteiger partial charge is 0.321 e. The fraction of sp³-hybridized carbons (Fsp3) is 0.632. The van der Waals surface area contributed by atoms with Crippen LogP contribution in [0.1, 0.15) is 38.8 Å². The van der Waals surface area contributed by atoms with Crippen LogP contribution in [-0.4, -0.2) is 48.6 Å². The highest BCUT2D eigenvalue weighted by molar-refractivity contribution is 5.91. The van der Waals surface area contributed by atoms with Crippen LogP contribution in [0.15, 0.2) is 18.2 Å². The molecule has 1 aromatic carbocycles. The van der Waals surface area contributed by atoms with Crippen molar-refractivity contribution in [2.45, 2.75) is 40.5 Å². The lowest BCUT2D eigenvalue weighted by molar-refractivity contribution is 0.138. The summed E-state index contributed by atoms with van der Waals surface area (Å²) >= 11 is 0. The topological polar surface area (TPSA) is 35.6 Å². The number of para-hydroxylation sites is 1. The van der Waals surface area contributed by atoms with Crippen LogP contribution >= 0.6 is 0 Å². The normalized spacial score (nSPS) is 16.0. The number of piperazine rings is 1.